The highest BCUT2D eigenvalue weighted by molar-refractivity contribution is 7.80. The first-order valence-corrected chi connectivity index (χ1v) is 9.41. The molecule has 2 aromatic carbocycles. The van der Waals surface area contributed by atoms with E-state index in [9.17, 15) is 4.79 Å². The summed E-state index contributed by atoms with van der Waals surface area (Å²) in [5.74, 6) is -0.289. The van der Waals surface area contributed by atoms with E-state index in [1.807, 2.05) is 25.1 Å². The minimum atomic E-state index is -0.289. The number of hydrogen-bond donors (Lipinski definition) is 2. The van der Waals surface area contributed by atoms with Crippen molar-refractivity contribution in [2.24, 2.45) is 0 Å². The molecule has 2 N–H and O–H groups in total. The topological polar surface area (TPSA) is 44.4 Å². The maximum absolute atomic E-state index is 12.2. The smallest absolute Gasteiger partial charge is 0.257 e. The van der Waals surface area contributed by atoms with Crippen LogP contribution in [0.3, 0.4) is 0 Å². The van der Waals surface area contributed by atoms with Gasteiger partial charge < -0.3 is 5.32 Å². The van der Waals surface area contributed by atoms with E-state index >= 15 is 0 Å². The summed E-state index contributed by atoms with van der Waals surface area (Å²) < 4.78 is 0. The van der Waals surface area contributed by atoms with Crippen LogP contribution in [0.1, 0.15) is 35.3 Å². The Kier molecular flexibility index (Phi) is 7.57. The fraction of sp³-hybridized carbons (Fsp3) is 0.300. The first-order valence-electron chi connectivity index (χ1n) is 8.62. The van der Waals surface area contributed by atoms with E-state index in [1.165, 1.54) is 5.56 Å². The molecule has 2 rings (SSSR count). The van der Waals surface area contributed by atoms with E-state index in [1.54, 1.807) is 12.1 Å². The van der Waals surface area contributed by atoms with Crippen molar-refractivity contribution >= 4 is 40.5 Å². The van der Waals surface area contributed by atoms with Crippen molar-refractivity contribution in [1.29, 1.82) is 0 Å². The number of halogens is 1. The molecule has 0 spiro atoms. The van der Waals surface area contributed by atoms with Crippen LogP contribution in [0.15, 0.2) is 42.5 Å². The Morgan fingerprint density at radius 2 is 1.77 bits per heavy atom. The Labute approximate surface area is 165 Å². The summed E-state index contributed by atoms with van der Waals surface area (Å²) in [5.41, 5.74) is 3.47. The zero-order chi connectivity index (χ0) is 19.1. The van der Waals surface area contributed by atoms with Gasteiger partial charge in [0, 0.05) is 22.8 Å². The average molecular weight is 390 g/mol. The Bertz CT molecular complexity index is 773. The summed E-state index contributed by atoms with van der Waals surface area (Å²) in [6.07, 6.45) is 0. The van der Waals surface area contributed by atoms with Crippen LogP contribution in [0, 0.1) is 6.92 Å². The molecule has 1 amide bonds. The Morgan fingerprint density at radius 3 is 2.35 bits per heavy atom. The molecular weight excluding hydrogens is 366 g/mol. The van der Waals surface area contributed by atoms with E-state index in [4.69, 9.17) is 23.8 Å². The lowest BCUT2D eigenvalue weighted by Crippen LogP contribution is -2.34. The van der Waals surface area contributed by atoms with E-state index in [0.717, 1.165) is 30.9 Å². The highest BCUT2D eigenvalue weighted by Crippen LogP contribution is 2.17. The molecule has 0 aliphatic carbocycles. The molecule has 0 bridgehead atoms. The molecule has 0 aliphatic heterocycles. The Hall–Kier alpha value is -1.95. The molecule has 0 heterocycles. The molecule has 4 nitrogen and oxygen atoms in total. The van der Waals surface area contributed by atoms with Crippen LogP contribution in [0.2, 0.25) is 5.02 Å². The maximum Gasteiger partial charge on any atom is 0.257 e. The normalized spacial score (nSPS) is 10.7. The summed E-state index contributed by atoms with van der Waals surface area (Å²) in [7, 11) is 0. The largest absolute Gasteiger partial charge is 0.332 e. The number of hydrogen-bond acceptors (Lipinski definition) is 3. The molecule has 0 saturated carbocycles. The van der Waals surface area contributed by atoms with Gasteiger partial charge in [0.05, 0.1) is 0 Å². The monoisotopic (exact) mass is 389 g/mol. The molecule has 0 atom stereocenters. The molecule has 0 unspecified atom stereocenters. The van der Waals surface area contributed by atoms with E-state index in [-0.39, 0.29) is 11.0 Å². The Morgan fingerprint density at radius 1 is 1.12 bits per heavy atom. The number of thiocarbonyl (C=S) groups is 1. The summed E-state index contributed by atoms with van der Waals surface area (Å²) in [5, 5.41) is 6.51. The predicted molar refractivity (Wildman–Crippen MR) is 113 cm³/mol. The van der Waals surface area contributed by atoms with Crippen LogP contribution in [0.4, 0.5) is 5.69 Å². The lowest BCUT2D eigenvalue weighted by Gasteiger charge is -2.18. The quantitative estimate of drug-likeness (QED) is 0.707. The molecule has 0 aromatic heterocycles. The van der Waals surface area contributed by atoms with Gasteiger partial charge in [-0.3, -0.25) is 15.0 Å². The molecule has 0 radical (unpaired) electrons. The molecule has 6 heteroatoms. The van der Waals surface area contributed by atoms with Crippen LogP contribution in [-0.4, -0.2) is 29.0 Å². The predicted octanol–water partition coefficient (Wildman–Crippen LogP) is 4.62. The third kappa shape index (κ3) is 5.80. The van der Waals surface area contributed by atoms with Gasteiger partial charge in [0.1, 0.15) is 0 Å². The van der Waals surface area contributed by atoms with Crippen molar-refractivity contribution in [1.82, 2.24) is 10.2 Å². The molecule has 0 fully saturated rings. The van der Waals surface area contributed by atoms with Crippen molar-refractivity contribution < 1.29 is 4.79 Å². The fourth-order valence-electron chi connectivity index (χ4n) is 2.47. The first kappa shape index (κ1) is 20.4. The first-order chi connectivity index (χ1) is 12.4. The second-order valence-electron chi connectivity index (χ2n) is 6.03. The zero-order valence-corrected chi connectivity index (χ0v) is 16.9. The fourth-order valence-corrected chi connectivity index (χ4v) is 2.86. The van der Waals surface area contributed by atoms with Gasteiger partial charge in [-0.1, -0.05) is 43.6 Å². The number of nitrogens with zero attached hydrogens (tertiary/aromatic N) is 1. The highest BCUT2D eigenvalue weighted by atomic mass is 35.5. The van der Waals surface area contributed by atoms with Crippen molar-refractivity contribution in [3.05, 3.63) is 64.2 Å². The average Bonchev–Trinajstić information content (AvgIpc) is 2.63. The van der Waals surface area contributed by atoms with Gasteiger partial charge >= 0.3 is 0 Å². The van der Waals surface area contributed by atoms with Gasteiger partial charge in [0.15, 0.2) is 5.11 Å². The van der Waals surface area contributed by atoms with Gasteiger partial charge in [-0.15, -0.1) is 0 Å². The van der Waals surface area contributed by atoms with Gasteiger partial charge in [0.25, 0.3) is 5.91 Å². The minimum Gasteiger partial charge on any atom is -0.332 e. The molecule has 0 saturated heterocycles. The second kappa shape index (κ2) is 9.67. The summed E-state index contributed by atoms with van der Waals surface area (Å²) in [4.78, 5) is 14.6. The Balaban J connectivity index is 1.92. The number of anilines is 1. The number of aryl methyl sites for hydroxylation is 1. The SMILES string of the molecule is CCN(CC)Cc1ccc(NC(=S)NC(=O)c2ccc(C)c(Cl)c2)cc1. The van der Waals surface area contributed by atoms with Crippen LogP contribution in [0.5, 0.6) is 0 Å². The van der Waals surface area contributed by atoms with Gasteiger partial charge in [0.2, 0.25) is 0 Å². The molecular formula is C20H24ClN3OS. The number of amides is 1. The van der Waals surface area contributed by atoms with Crippen LogP contribution >= 0.6 is 23.8 Å². The van der Waals surface area contributed by atoms with Crippen LogP contribution in [-0.2, 0) is 6.54 Å². The molecule has 0 aliphatic rings. The van der Waals surface area contributed by atoms with Gasteiger partial charge in [-0.25, -0.2) is 0 Å². The second-order valence-corrected chi connectivity index (χ2v) is 6.85. The zero-order valence-electron chi connectivity index (χ0n) is 15.3. The van der Waals surface area contributed by atoms with Gasteiger partial charge in [-0.2, -0.15) is 0 Å². The standard InChI is InChI=1S/C20H24ClN3OS/c1-4-24(5-2)13-15-7-10-17(11-8-15)22-20(26)23-19(25)16-9-6-14(3)18(21)12-16/h6-12H,4-5,13H2,1-3H3,(H2,22,23,25,26). The number of carbonyl (C=O) groups excluding carboxylic acids is 1. The van der Waals surface area contributed by atoms with Crippen LogP contribution in [0.25, 0.3) is 0 Å². The van der Waals surface area contributed by atoms with E-state index < -0.39 is 0 Å². The van der Waals surface area contributed by atoms with Crippen molar-refractivity contribution in [3.8, 4) is 0 Å². The molecule has 26 heavy (non-hydrogen) atoms. The maximum atomic E-state index is 12.2. The summed E-state index contributed by atoms with van der Waals surface area (Å²) in [6.45, 7) is 9.16. The van der Waals surface area contributed by atoms with Crippen molar-refractivity contribution in [3.63, 3.8) is 0 Å². The van der Waals surface area contributed by atoms with E-state index in [0.29, 0.717) is 10.6 Å². The minimum absolute atomic E-state index is 0.253. The number of rotatable bonds is 6. The molecule has 2 aromatic rings. The third-order valence-electron chi connectivity index (χ3n) is 4.17. The van der Waals surface area contributed by atoms with Crippen LogP contribution < -0.4 is 10.6 Å². The third-order valence-corrected chi connectivity index (χ3v) is 4.78. The van der Waals surface area contributed by atoms with Crippen molar-refractivity contribution in [2.45, 2.75) is 27.3 Å². The lowest BCUT2D eigenvalue weighted by atomic mass is 10.1. The number of benzene rings is 2. The number of nitrogens with one attached hydrogen (secondary N) is 2. The summed E-state index contributed by atoms with van der Waals surface area (Å²) >= 11 is 11.3. The summed E-state index contributed by atoms with van der Waals surface area (Å²) in [6, 6.07) is 13.2. The van der Waals surface area contributed by atoms with Gasteiger partial charge in [-0.05, 0) is 67.6 Å². The van der Waals surface area contributed by atoms with Crippen molar-refractivity contribution in [2.75, 3.05) is 18.4 Å². The lowest BCUT2D eigenvalue weighted by molar-refractivity contribution is 0.0977. The van der Waals surface area contributed by atoms with E-state index in [2.05, 4.69) is 41.5 Å². The highest BCUT2D eigenvalue weighted by Gasteiger charge is 2.09. The number of carbonyl (C=O) groups is 1. The molecule has 138 valence electrons.